The fourth-order valence-corrected chi connectivity index (χ4v) is 4.76. The Balaban J connectivity index is 1.82. The van der Waals surface area contributed by atoms with Gasteiger partial charge in [0.1, 0.15) is 5.75 Å². The average Bonchev–Trinajstić information content (AvgIpc) is 2.47. The van der Waals surface area contributed by atoms with Gasteiger partial charge in [-0.2, -0.15) is 0 Å². The summed E-state index contributed by atoms with van der Waals surface area (Å²) in [4.78, 5) is 0. The Morgan fingerprint density at radius 3 is 2.55 bits per heavy atom. The summed E-state index contributed by atoms with van der Waals surface area (Å²) >= 11 is 0. The molecule has 0 bridgehead atoms. The van der Waals surface area contributed by atoms with E-state index in [0.717, 1.165) is 12.3 Å². The third kappa shape index (κ3) is 2.35. The molecule has 0 atom stereocenters. The van der Waals surface area contributed by atoms with Gasteiger partial charge in [0.2, 0.25) is 0 Å². The number of rotatable bonds is 4. The van der Waals surface area contributed by atoms with Crippen LogP contribution >= 0.6 is 0 Å². The molecule has 0 amide bonds. The zero-order valence-electron chi connectivity index (χ0n) is 12.9. The minimum atomic E-state index is 0.334. The van der Waals surface area contributed by atoms with E-state index in [1.54, 1.807) is 7.11 Å². The van der Waals surface area contributed by atoms with Gasteiger partial charge in [0.25, 0.3) is 0 Å². The second-order valence-electron chi connectivity index (χ2n) is 6.96. The van der Waals surface area contributed by atoms with E-state index in [-0.39, 0.29) is 0 Å². The standard InChI is InChI=1S/C18H27NO/c1-19-14-18(15-7-6-8-16(11-15)20-2)12-17(13-18)9-4-3-5-10-17/h6-8,11,19H,3-5,9-10,12-14H2,1-2H3. The normalized spacial score (nSPS) is 23.3. The van der Waals surface area contributed by atoms with E-state index in [9.17, 15) is 0 Å². The van der Waals surface area contributed by atoms with Gasteiger partial charge in [-0.25, -0.2) is 0 Å². The predicted octanol–water partition coefficient (Wildman–Crippen LogP) is 3.90. The number of methoxy groups -OCH3 is 1. The Morgan fingerprint density at radius 1 is 1.15 bits per heavy atom. The van der Waals surface area contributed by atoms with Crippen LogP contribution in [0.2, 0.25) is 0 Å². The highest BCUT2D eigenvalue weighted by molar-refractivity contribution is 5.37. The fraction of sp³-hybridized carbons (Fsp3) is 0.667. The van der Waals surface area contributed by atoms with Crippen molar-refractivity contribution in [1.82, 2.24) is 5.32 Å². The summed E-state index contributed by atoms with van der Waals surface area (Å²) in [6, 6.07) is 8.71. The van der Waals surface area contributed by atoms with Crippen LogP contribution in [0.4, 0.5) is 0 Å². The Labute approximate surface area is 122 Å². The summed E-state index contributed by atoms with van der Waals surface area (Å²) in [7, 11) is 3.83. The SMILES string of the molecule is CNCC1(c2cccc(OC)c2)CC2(CCCCC2)C1. The second-order valence-corrected chi connectivity index (χ2v) is 6.96. The molecule has 0 unspecified atom stereocenters. The molecule has 1 aromatic carbocycles. The van der Waals surface area contributed by atoms with E-state index in [4.69, 9.17) is 4.74 Å². The van der Waals surface area contributed by atoms with Crippen LogP contribution in [0.5, 0.6) is 5.75 Å². The van der Waals surface area contributed by atoms with Crippen LogP contribution < -0.4 is 10.1 Å². The lowest BCUT2D eigenvalue weighted by molar-refractivity contribution is -0.0119. The monoisotopic (exact) mass is 273 g/mol. The van der Waals surface area contributed by atoms with Gasteiger partial charge >= 0.3 is 0 Å². The van der Waals surface area contributed by atoms with Crippen molar-refractivity contribution in [3.8, 4) is 5.75 Å². The zero-order chi connectivity index (χ0) is 14.1. The molecule has 1 aromatic rings. The van der Waals surface area contributed by atoms with E-state index in [0.29, 0.717) is 10.8 Å². The molecule has 0 heterocycles. The van der Waals surface area contributed by atoms with Crippen molar-refractivity contribution < 1.29 is 4.74 Å². The van der Waals surface area contributed by atoms with Crippen LogP contribution in [0, 0.1) is 5.41 Å². The average molecular weight is 273 g/mol. The van der Waals surface area contributed by atoms with Gasteiger partial charge in [0.15, 0.2) is 0 Å². The smallest absolute Gasteiger partial charge is 0.119 e. The van der Waals surface area contributed by atoms with Gasteiger partial charge in [-0.3, -0.25) is 0 Å². The molecule has 110 valence electrons. The van der Waals surface area contributed by atoms with Crippen LogP contribution in [-0.2, 0) is 5.41 Å². The third-order valence-corrected chi connectivity index (χ3v) is 5.54. The zero-order valence-corrected chi connectivity index (χ0v) is 12.9. The largest absolute Gasteiger partial charge is 0.497 e. The molecular formula is C18H27NO. The maximum atomic E-state index is 5.41. The molecule has 20 heavy (non-hydrogen) atoms. The van der Waals surface area contributed by atoms with Crippen molar-refractivity contribution in [2.45, 2.75) is 50.4 Å². The van der Waals surface area contributed by atoms with Crippen molar-refractivity contribution in [2.75, 3.05) is 20.7 Å². The number of benzene rings is 1. The molecule has 0 saturated heterocycles. The molecule has 0 aliphatic heterocycles. The van der Waals surface area contributed by atoms with Crippen molar-refractivity contribution in [1.29, 1.82) is 0 Å². The molecule has 2 aliphatic carbocycles. The van der Waals surface area contributed by atoms with E-state index in [1.807, 2.05) is 6.07 Å². The fourth-order valence-electron chi connectivity index (χ4n) is 4.76. The highest BCUT2D eigenvalue weighted by Crippen LogP contribution is 2.61. The minimum Gasteiger partial charge on any atom is -0.497 e. The third-order valence-electron chi connectivity index (χ3n) is 5.54. The summed E-state index contributed by atoms with van der Waals surface area (Å²) < 4.78 is 5.41. The maximum Gasteiger partial charge on any atom is 0.119 e. The second kappa shape index (κ2) is 5.40. The lowest BCUT2D eigenvalue weighted by atomic mass is 9.46. The molecule has 1 spiro atoms. The van der Waals surface area contributed by atoms with E-state index < -0.39 is 0 Å². The quantitative estimate of drug-likeness (QED) is 0.898. The Bertz CT molecular complexity index is 454. The highest BCUT2D eigenvalue weighted by atomic mass is 16.5. The number of nitrogens with one attached hydrogen (secondary N) is 1. The predicted molar refractivity (Wildman–Crippen MR) is 83.4 cm³/mol. The van der Waals surface area contributed by atoms with Crippen LogP contribution in [0.25, 0.3) is 0 Å². The number of hydrogen-bond donors (Lipinski definition) is 1. The summed E-state index contributed by atoms with van der Waals surface area (Å²) in [5.41, 5.74) is 2.45. The van der Waals surface area contributed by atoms with E-state index in [2.05, 4.69) is 30.6 Å². The lowest BCUT2D eigenvalue weighted by Crippen LogP contribution is -2.55. The molecule has 1 N–H and O–H groups in total. The first-order valence-corrected chi connectivity index (χ1v) is 8.01. The summed E-state index contributed by atoms with van der Waals surface area (Å²) in [6.45, 7) is 1.09. The first-order valence-electron chi connectivity index (χ1n) is 8.01. The summed E-state index contributed by atoms with van der Waals surface area (Å²) in [6.07, 6.45) is 9.92. The molecular weight excluding hydrogens is 246 g/mol. The molecule has 2 aliphatic rings. The van der Waals surface area contributed by atoms with E-state index >= 15 is 0 Å². The number of ether oxygens (including phenoxy) is 1. The molecule has 2 saturated carbocycles. The maximum absolute atomic E-state index is 5.41. The summed E-state index contributed by atoms with van der Waals surface area (Å²) in [5.74, 6) is 0.988. The van der Waals surface area contributed by atoms with Crippen molar-refractivity contribution >= 4 is 0 Å². The van der Waals surface area contributed by atoms with Crippen molar-refractivity contribution in [3.63, 3.8) is 0 Å². The number of likely N-dealkylation sites (N-methyl/N-ethyl adjacent to an activating group) is 1. The minimum absolute atomic E-state index is 0.334. The summed E-state index contributed by atoms with van der Waals surface area (Å²) in [5, 5.41) is 3.43. The highest BCUT2D eigenvalue weighted by Gasteiger charge is 2.54. The van der Waals surface area contributed by atoms with Gasteiger partial charge in [0.05, 0.1) is 7.11 Å². The molecule has 0 radical (unpaired) electrons. The van der Waals surface area contributed by atoms with Gasteiger partial charge in [-0.1, -0.05) is 31.4 Å². The van der Waals surface area contributed by atoms with Crippen LogP contribution in [-0.4, -0.2) is 20.7 Å². The van der Waals surface area contributed by atoms with Crippen LogP contribution in [0.1, 0.15) is 50.5 Å². The Morgan fingerprint density at radius 2 is 1.90 bits per heavy atom. The molecule has 0 aromatic heterocycles. The van der Waals surface area contributed by atoms with Crippen molar-refractivity contribution in [2.24, 2.45) is 5.41 Å². The lowest BCUT2D eigenvalue weighted by Gasteiger charge is -2.59. The van der Waals surface area contributed by atoms with E-state index in [1.165, 1.54) is 50.5 Å². The van der Waals surface area contributed by atoms with Crippen LogP contribution in [0.3, 0.4) is 0 Å². The van der Waals surface area contributed by atoms with Gasteiger partial charge in [-0.05, 0) is 55.8 Å². The molecule has 2 nitrogen and oxygen atoms in total. The molecule has 2 fully saturated rings. The topological polar surface area (TPSA) is 21.3 Å². The Hall–Kier alpha value is -1.02. The number of hydrogen-bond acceptors (Lipinski definition) is 2. The molecule has 2 heteroatoms. The van der Waals surface area contributed by atoms with Crippen LogP contribution in [0.15, 0.2) is 24.3 Å². The first-order chi connectivity index (χ1) is 9.72. The van der Waals surface area contributed by atoms with Gasteiger partial charge in [0, 0.05) is 12.0 Å². The molecule has 3 rings (SSSR count). The van der Waals surface area contributed by atoms with Gasteiger partial charge in [-0.15, -0.1) is 0 Å². The van der Waals surface area contributed by atoms with Gasteiger partial charge < -0.3 is 10.1 Å². The first kappa shape index (κ1) is 13.9. The Kier molecular flexibility index (Phi) is 3.76. The van der Waals surface area contributed by atoms with Crippen molar-refractivity contribution in [3.05, 3.63) is 29.8 Å².